The van der Waals surface area contributed by atoms with Crippen molar-refractivity contribution in [2.45, 2.75) is 6.61 Å². The second-order valence-electron chi connectivity index (χ2n) is 6.06. The summed E-state index contributed by atoms with van der Waals surface area (Å²) < 4.78 is 10.1. The van der Waals surface area contributed by atoms with Crippen LogP contribution in [-0.2, 0) is 6.61 Å². The lowest BCUT2D eigenvalue weighted by molar-refractivity contribution is 0.280. The van der Waals surface area contributed by atoms with Gasteiger partial charge in [0.05, 0.1) is 20.8 Å². The van der Waals surface area contributed by atoms with E-state index >= 15 is 0 Å². The van der Waals surface area contributed by atoms with Crippen molar-refractivity contribution in [3.8, 4) is 28.7 Å². The molecule has 0 radical (unpaired) electrons. The number of hydrogen-bond donors (Lipinski definition) is 4. The van der Waals surface area contributed by atoms with Gasteiger partial charge in [-0.1, -0.05) is 30.4 Å². The number of aliphatic hydroxyl groups excluding tert-OH is 1. The zero-order valence-electron chi connectivity index (χ0n) is 16.2. The zero-order valence-corrected chi connectivity index (χ0v) is 16.2. The predicted octanol–water partition coefficient (Wildman–Crippen LogP) is 4.17. The summed E-state index contributed by atoms with van der Waals surface area (Å²) in [5, 5.41) is 36.6. The highest BCUT2D eigenvalue weighted by molar-refractivity contribution is 5.71. The number of rotatable bonds is 5. The lowest BCUT2D eigenvalue weighted by Crippen LogP contribution is -1.92. The number of benzene rings is 3. The fraction of sp³-hybridized carbons (Fsp3) is 0.130. The highest BCUT2D eigenvalue weighted by Gasteiger charge is 2.02. The van der Waals surface area contributed by atoms with Gasteiger partial charge in [0.1, 0.15) is 17.2 Å². The third-order valence-corrected chi connectivity index (χ3v) is 3.92. The van der Waals surface area contributed by atoms with Gasteiger partial charge < -0.3 is 29.9 Å². The van der Waals surface area contributed by atoms with Gasteiger partial charge in [-0.2, -0.15) is 0 Å². The molecule has 0 unspecified atom stereocenters. The van der Waals surface area contributed by atoms with Gasteiger partial charge in [-0.25, -0.2) is 0 Å². The van der Waals surface area contributed by atoms with Crippen molar-refractivity contribution in [1.29, 1.82) is 0 Å². The highest BCUT2D eigenvalue weighted by atomic mass is 16.5. The Kier molecular flexibility index (Phi) is 7.94. The maximum atomic E-state index is 9.30. The molecule has 0 fully saturated rings. The molecule has 3 aromatic rings. The number of hydrogen-bond acceptors (Lipinski definition) is 6. The summed E-state index contributed by atoms with van der Waals surface area (Å²) in [6.07, 6.45) is 3.60. The van der Waals surface area contributed by atoms with Crippen molar-refractivity contribution in [1.82, 2.24) is 0 Å². The maximum absolute atomic E-state index is 9.30. The van der Waals surface area contributed by atoms with Gasteiger partial charge in [0.25, 0.3) is 0 Å². The maximum Gasteiger partial charge on any atom is 0.161 e. The van der Waals surface area contributed by atoms with Gasteiger partial charge >= 0.3 is 0 Å². The monoisotopic (exact) mass is 396 g/mol. The molecule has 29 heavy (non-hydrogen) atoms. The minimum atomic E-state index is 0.0142. The van der Waals surface area contributed by atoms with Crippen LogP contribution in [0.4, 0.5) is 0 Å². The second kappa shape index (κ2) is 10.6. The quantitative estimate of drug-likeness (QED) is 0.483. The molecule has 0 aromatic heterocycles. The Morgan fingerprint density at radius 3 is 1.79 bits per heavy atom. The van der Waals surface area contributed by atoms with Gasteiger partial charge in [-0.3, -0.25) is 0 Å². The van der Waals surface area contributed by atoms with E-state index in [1.165, 1.54) is 6.07 Å². The molecule has 0 bridgehead atoms. The number of phenols is 3. The van der Waals surface area contributed by atoms with Crippen LogP contribution >= 0.6 is 0 Å². The van der Waals surface area contributed by atoms with Gasteiger partial charge in [-0.15, -0.1) is 0 Å². The van der Waals surface area contributed by atoms with Crippen molar-refractivity contribution in [2.75, 3.05) is 14.2 Å². The molecular weight excluding hydrogens is 372 g/mol. The SMILES string of the molecule is COc1ccc(CO)cc1OC.Oc1ccc(C=Cc2cc(O)cc(O)c2)cc1. The van der Waals surface area contributed by atoms with E-state index in [9.17, 15) is 10.2 Å². The van der Waals surface area contributed by atoms with Crippen molar-refractivity contribution in [3.05, 3.63) is 77.4 Å². The van der Waals surface area contributed by atoms with E-state index in [0.29, 0.717) is 17.1 Å². The highest BCUT2D eigenvalue weighted by Crippen LogP contribution is 2.27. The molecule has 0 spiro atoms. The minimum absolute atomic E-state index is 0.0142. The molecule has 0 heterocycles. The lowest BCUT2D eigenvalue weighted by atomic mass is 10.1. The Bertz CT molecular complexity index is 928. The summed E-state index contributed by atoms with van der Waals surface area (Å²) in [6.45, 7) is 0.0142. The molecule has 0 aliphatic rings. The molecule has 3 aromatic carbocycles. The van der Waals surface area contributed by atoms with Crippen molar-refractivity contribution in [2.24, 2.45) is 0 Å². The summed E-state index contributed by atoms with van der Waals surface area (Å²) in [7, 11) is 3.15. The van der Waals surface area contributed by atoms with E-state index in [1.807, 2.05) is 6.08 Å². The number of methoxy groups -OCH3 is 2. The summed E-state index contributed by atoms with van der Waals surface area (Å²) in [4.78, 5) is 0. The third-order valence-electron chi connectivity index (χ3n) is 3.92. The standard InChI is InChI=1S/C14H12O3.C9H12O3/c15-12-5-3-10(4-6-12)1-2-11-7-13(16)9-14(17)8-11;1-11-8-4-3-7(6-10)5-9(8)12-2/h1-9,15-17H;3-5,10H,6H2,1-2H3. The largest absolute Gasteiger partial charge is 0.508 e. The summed E-state index contributed by atoms with van der Waals surface area (Å²) in [5.74, 6) is 1.58. The van der Waals surface area contributed by atoms with Gasteiger partial charge in [0, 0.05) is 6.07 Å². The molecule has 0 saturated carbocycles. The van der Waals surface area contributed by atoms with Gasteiger partial charge in [0.15, 0.2) is 11.5 Å². The average molecular weight is 396 g/mol. The van der Waals surface area contributed by atoms with Crippen LogP contribution in [0.2, 0.25) is 0 Å². The normalized spacial score (nSPS) is 10.3. The Hall–Kier alpha value is -3.64. The molecule has 0 aliphatic carbocycles. The van der Waals surface area contributed by atoms with Gasteiger partial charge in [-0.05, 0) is 53.1 Å². The van der Waals surface area contributed by atoms with Crippen LogP contribution in [0.15, 0.2) is 60.7 Å². The lowest BCUT2D eigenvalue weighted by Gasteiger charge is -2.07. The van der Waals surface area contributed by atoms with E-state index in [1.54, 1.807) is 74.9 Å². The summed E-state index contributed by atoms with van der Waals surface area (Å²) >= 11 is 0. The first kappa shape index (κ1) is 21.7. The van der Waals surface area contributed by atoms with Crippen LogP contribution in [-0.4, -0.2) is 34.6 Å². The van der Waals surface area contributed by atoms with Crippen LogP contribution in [0.3, 0.4) is 0 Å². The zero-order chi connectivity index (χ0) is 21.2. The Balaban J connectivity index is 0.000000221. The van der Waals surface area contributed by atoms with Crippen LogP contribution in [0, 0.1) is 0 Å². The number of aliphatic hydroxyl groups is 1. The summed E-state index contributed by atoms with van der Waals surface area (Å²) in [5.41, 5.74) is 2.44. The molecule has 0 amide bonds. The van der Waals surface area contributed by atoms with E-state index in [4.69, 9.17) is 19.7 Å². The number of phenolic OH excluding ortho intramolecular Hbond substituents is 3. The van der Waals surface area contributed by atoms with Crippen molar-refractivity contribution >= 4 is 12.2 Å². The molecule has 152 valence electrons. The fourth-order valence-electron chi connectivity index (χ4n) is 2.47. The minimum Gasteiger partial charge on any atom is -0.508 e. The molecule has 0 aliphatic heterocycles. The second-order valence-corrected chi connectivity index (χ2v) is 6.06. The Morgan fingerprint density at radius 1 is 0.655 bits per heavy atom. The van der Waals surface area contributed by atoms with Crippen molar-refractivity contribution in [3.63, 3.8) is 0 Å². The molecule has 6 nitrogen and oxygen atoms in total. The molecule has 3 rings (SSSR count). The van der Waals surface area contributed by atoms with E-state index in [-0.39, 0.29) is 23.9 Å². The van der Waals surface area contributed by atoms with Gasteiger partial charge in [0.2, 0.25) is 0 Å². The summed E-state index contributed by atoms with van der Waals surface area (Å²) in [6, 6.07) is 16.4. The first-order chi connectivity index (χ1) is 13.9. The molecular formula is C23H24O6. The fourth-order valence-corrected chi connectivity index (χ4v) is 2.47. The smallest absolute Gasteiger partial charge is 0.161 e. The molecule has 0 saturated heterocycles. The Morgan fingerprint density at radius 2 is 1.24 bits per heavy atom. The van der Waals surface area contributed by atoms with E-state index < -0.39 is 0 Å². The van der Waals surface area contributed by atoms with E-state index in [0.717, 1.165) is 11.1 Å². The molecule has 4 N–H and O–H groups in total. The van der Waals surface area contributed by atoms with Crippen LogP contribution < -0.4 is 9.47 Å². The Labute approximate surface area is 169 Å². The van der Waals surface area contributed by atoms with Crippen LogP contribution in [0.5, 0.6) is 28.7 Å². The average Bonchev–Trinajstić information content (AvgIpc) is 2.72. The number of ether oxygens (including phenoxy) is 2. The van der Waals surface area contributed by atoms with Crippen molar-refractivity contribution < 1.29 is 29.9 Å². The van der Waals surface area contributed by atoms with Crippen LogP contribution in [0.25, 0.3) is 12.2 Å². The predicted molar refractivity (Wildman–Crippen MR) is 112 cm³/mol. The molecule has 0 atom stereocenters. The first-order valence-corrected chi connectivity index (χ1v) is 8.77. The third kappa shape index (κ3) is 6.79. The first-order valence-electron chi connectivity index (χ1n) is 8.77. The van der Waals surface area contributed by atoms with E-state index in [2.05, 4.69) is 0 Å². The van der Waals surface area contributed by atoms with Crippen LogP contribution in [0.1, 0.15) is 16.7 Å². The molecule has 6 heteroatoms. The topological polar surface area (TPSA) is 99.4 Å². The number of aromatic hydroxyl groups is 3.